The van der Waals surface area contributed by atoms with Gasteiger partial charge in [-0.25, -0.2) is 9.97 Å². The van der Waals surface area contributed by atoms with Crippen LogP contribution in [0.15, 0.2) is 72.2 Å². The van der Waals surface area contributed by atoms with E-state index in [-0.39, 0.29) is 23.8 Å². The summed E-state index contributed by atoms with van der Waals surface area (Å²) in [5, 5.41) is 23.6. The van der Waals surface area contributed by atoms with Crippen LogP contribution in [0, 0.1) is 0 Å². The van der Waals surface area contributed by atoms with Gasteiger partial charge in [-0.15, -0.1) is 11.3 Å². The Hall–Kier alpha value is -3.71. The van der Waals surface area contributed by atoms with E-state index in [9.17, 15) is 15.0 Å². The van der Waals surface area contributed by atoms with Gasteiger partial charge >= 0.3 is 0 Å². The highest BCUT2D eigenvalue weighted by atomic mass is 32.1. The van der Waals surface area contributed by atoms with E-state index in [1.54, 1.807) is 54.7 Å². The van der Waals surface area contributed by atoms with Crippen molar-refractivity contribution in [3.8, 4) is 33.3 Å². The Bertz CT molecular complexity index is 1130. The molecule has 4 aromatic rings. The number of amides is 1. The Kier molecular flexibility index (Phi) is 5.22. The molecule has 0 unspecified atom stereocenters. The van der Waals surface area contributed by atoms with Crippen molar-refractivity contribution in [2.24, 2.45) is 0 Å². The van der Waals surface area contributed by atoms with E-state index in [0.717, 1.165) is 16.0 Å². The summed E-state index contributed by atoms with van der Waals surface area (Å²) in [7, 11) is 0. The molecule has 0 bridgehead atoms. The fourth-order valence-corrected chi connectivity index (χ4v) is 3.53. The molecule has 7 heteroatoms. The van der Waals surface area contributed by atoms with E-state index in [1.807, 2.05) is 17.5 Å². The van der Waals surface area contributed by atoms with Gasteiger partial charge in [-0.1, -0.05) is 18.2 Å². The van der Waals surface area contributed by atoms with Crippen LogP contribution in [0.4, 0.5) is 5.82 Å². The quantitative estimate of drug-likeness (QED) is 0.457. The van der Waals surface area contributed by atoms with Crippen molar-refractivity contribution in [2.45, 2.75) is 6.42 Å². The second kappa shape index (κ2) is 8.12. The first-order valence-corrected chi connectivity index (χ1v) is 9.74. The molecular weight excluding hydrogens is 386 g/mol. The van der Waals surface area contributed by atoms with Crippen LogP contribution in [0.5, 0.6) is 11.5 Å². The van der Waals surface area contributed by atoms with Crippen molar-refractivity contribution in [1.82, 2.24) is 9.97 Å². The van der Waals surface area contributed by atoms with Crippen LogP contribution in [0.2, 0.25) is 0 Å². The van der Waals surface area contributed by atoms with Gasteiger partial charge in [0.15, 0.2) is 5.82 Å². The number of hydrogen-bond acceptors (Lipinski definition) is 6. The number of thiophene rings is 1. The zero-order chi connectivity index (χ0) is 20.2. The summed E-state index contributed by atoms with van der Waals surface area (Å²) in [5.41, 5.74) is 2.83. The molecule has 144 valence electrons. The molecule has 0 radical (unpaired) electrons. The van der Waals surface area contributed by atoms with Gasteiger partial charge in [0, 0.05) is 5.56 Å². The van der Waals surface area contributed by atoms with Crippen LogP contribution >= 0.6 is 11.3 Å². The maximum Gasteiger partial charge on any atom is 0.230 e. The number of hydrogen-bond donors (Lipinski definition) is 3. The van der Waals surface area contributed by atoms with E-state index in [2.05, 4.69) is 10.3 Å². The monoisotopic (exact) mass is 403 g/mol. The van der Waals surface area contributed by atoms with Crippen molar-refractivity contribution in [3.05, 3.63) is 77.8 Å². The minimum Gasteiger partial charge on any atom is -0.508 e. The standard InChI is InChI=1S/C22H17N3O3S/c26-16-7-3-14(4-8-16)12-20(28)25-22-21(19-2-1-11-29-19)24-18(13-23-22)15-5-9-17(27)10-6-15/h1-11,13,26-27H,12H2,(H,23,25,28). The van der Waals surface area contributed by atoms with Crippen LogP contribution in [0.25, 0.3) is 21.8 Å². The van der Waals surface area contributed by atoms with Crippen molar-refractivity contribution in [1.29, 1.82) is 0 Å². The summed E-state index contributed by atoms with van der Waals surface area (Å²) < 4.78 is 0. The normalized spacial score (nSPS) is 10.6. The molecule has 2 aromatic carbocycles. The molecule has 0 saturated carbocycles. The Morgan fingerprint density at radius 2 is 1.66 bits per heavy atom. The molecule has 3 N–H and O–H groups in total. The van der Waals surface area contributed by atoms with Crippen LogP contribution < -0.4 is 5.32 Å². The van der Waals surface area contributed by atoms with Crippen LogP contribution in [0.1, 0.15) is 5.56 Å². The molecular formula is C22H17N3O3S. The molecule has 29 heavy (non-hydrogen) atoms. The van der Waals surface area contributed by atoms with Gasteiger partial charge in [0.2, 0.25) is 5.91 Å². The first-order valence-electron chi connectivity index (χ1n) is 8.86. The van der Waals surface area contributed by atoms with Gasteiger partial charge in [-0.05, 0) is 53.4 Å². The third-order valence-corrected chi connectivity index (χ3v) is 5.13. The molecule has 4 rings (SSSR count). The molecule has 0 fully saturated rings. The fraction of sp³-hybridized carbons (Fsp3) is 0.0455. The van der Waals surface area contributed by atoms with Crippen LogP contribution in [0.3, 0.4) is 0 Å². The number of aromatic hydroxyl groups is 2. The Labute approximate surface area is 171 Å². The third kappa shape index (κ3) is 4.41. The highest BCUT2D eigenvalue weighted by molar-refractivity contribution is 7.13. The number of nitrogens with one attached hydrogen (secondary N) is 1. The summed E-state index contributed by atoms with van der Waals surface area (Å²) in [4.78, 5) is 22.5. The zero-order valence-corrected chi connectivity index (χ0v) is 16.1. The first-order chi connectivity index (χ1) is 14.1. The van der Waals surface area contributed by atoms with Crippen molar-refractivity contribution in [2.75, 3.05) is 5.32 Å². The average Bonchev–Trinajstić information content (AvgIpc) is 3.25. The maximum atomic E-state index is 12.5. The number of carbonyl (C=O) groups is 1. The SMILES string of the molecule is O=C(Cc1ccc(O)cc1)Nc1ncc(-c2ccc(O)cc2)nc1-c1cccs1. The molecule has 0 aliphatic rings. The van der Waals surface area contributed by atoms with Crippen LogP contribution in [-0.4, -0.2) is 26.1 Å². The lowest BCUT2D eigenvalue weighted by molar-refractivity contribution is -0.115. The number of aromatic nitrogens is 2. The van der Waals surface area contributed by atoms with E-state index in [0.29, 0.717) is 17.2 Å². The minimum atomic E-state index is -0.222. The number of phenolic OH excluding ortho intramolecular Hbond substituents is 2. The smallest absolute Gasteiger partial charge is 0.230 e. The molecule has 0 spiro atoms. The zero-order valence-electron chi connectivity index (χ0n) is 15.2. The largest absolute Gasteiger partial charge is 0.508 e. The van der Waals surface area contributed by atoms with Gasteiger partial charge in [-0.3, -0.25) is 4.79 Å². The lowest BCUT2D eigenvalue weighted by atomic mass is 10.1. The fourth-order valence-electron chi connectivity index (χ4n) is 2.81. The number of phenols is 2. The van der Waals surface area contributed by atoms with Gasteiger partial charge in [0.1, 0.15) is 17.2 Å². The Morgan fingerprint density at radius 1 is 0.966 bits per heavy atom. The van der Waals surface area contributed by atoms with Crippen molar-refractivity contribution < 1.29 is 15.0 Å². The Balaban J connectivity index is 1.62. The third-order valence-electron chi connectivity index (χ3n) is 4.25. The molecule has 0 aliphatic carbocycles. The van der Waals surface area contributed by atoms with Gasteiger partial charge < -0.3 is 15.5 Å². The van der Waals surface area contributed by atoms with E-state index < -0.39 is 0 Å². The summed E-state index contributed by atoms with van der Waals surface area (Å²) in [6.45, 7) is 0. The number of carbonyl (C=O) groups excluding carboxylic acids is 1. The lowest BCUT2D eigenvalue weighted by Crippen LogP contribution is -2.16. The highest BCUT2D eigenvalue weighted by Gasteiger charge is 2.15. The van der Waals surface area contributed by atoms with Gasteiger partial charge in [-0.2, -0.15) is 0 Å². The van der Waals surface area contributed by atoms with Crippen molar-refractivity contribution >= 4 is 23.1 Å². The van der Waals surface area contributed by atoms with E-state index >= 15 is 0 Å². The Morgan fingerprint density at radius 3 is 2.31 bits per heavy atom. The number of nitrogens with zero attached hydrogens (tertiary/aromatic N) is 2. The predicted molar refractivity (Wildman–Crippen MR) is 113 cm³/mol. The van der Waals surface area contributed by atoms with Crippen molar-refractivity contribution in [3.63, 3.8) is 0 Å². The number of anilines is 1. The molecule has 2 aromatic heterocycles. The highest BCUT2D eigenvalue weighted by Crippen LogP contribution is 2.31. The molecule has 0 atom stereocenters. The first kappa shape index (κ1) is 18.6. The second-order valence-electron chi connectivity index (χ2n) is 6.37. The lowest BCUT2D eigenvalue weighted by Gasteiger charge is -2.11. The molecule has 6 nitrogen and oxygen atoms in total. The molecule has 2 heterocycles. The minimum absolute atomic E-state index is 0.157. The predicted octanol–water partition coefficient (Wildman–Crippen LogP) is 4.46. The van der Waals surface area contributed by atoms with Crippen LogP contribution in [-0.2, 0) is 11.2 Å². The second-order valence-corrected chi connectivity index (χ2v) is 7.32. The van der Waals surface area contributed by atoms with E-state index in [4.69, 9.17) is 4.98 Å². The maximum absolute atomic E-state index is 12.5. The number of rotatable bonds is 5. The summed E-state index contributed by atoms with van der Waals surface area (Å²) >= 11 is 1.51. The average molecular weight is 403 g/mol. The topological polar surface area (TPSA) is 95.3 Å². The van der Waals surface area contributed by atoms with Gasteiger partial charge in [0.05, 0.1) is 23.2 Å². The molecule has 0 aliphatic heterocycles. The summed E-state index contributed by atoms with van der Waals surface area (Å²) in [6.07, 6.45) is 1.76. The summed E-state index contributed by atoms with van der Waals surface area (Å²) in [5.74, 6) is 0.502. The van der Waals surface area contributed by atoms with E-state index in [1.165, 1.54) is 11.3 Å². The van der Waals surface area contributed by atoms with Gasteiger partial charge in [0.25, 0.3) is 0 Å². The molecule has 1 amide bonds. The molecule has 0 saturated heterocycles. The number of benzene rings is 2. The summed E-state index contributed by atoms with van der Waals surface area (Å²) in [6, 6.07) is 17.1.